The van der Waals surface area contributed by atoms with Crippen molar-refractivity contribution in [2.24, 2.45) is 0 Å². The van der Waals surface area contributed by atoms with E-state index in [2.05, 4.69) is 38.7 Å². The molecule has 1 aliphatic rings. The van der Waals surface area contributed by atoms with Gasteiger partial charge in [-0.15, -0.1) is 0 Å². The first-order chi connectivity index (χ1) is 13.5. The van der Waals surface area contributed by atoms with E-state index in [0.29, 0.717) is 18.4 Å². The molecule has 2 aromatic rings. The predicted octanol–water partition coefficient (Wildman–Crippen LogP) is 6.89. The first-order valence-corrected chi connectivity index (χ1v) is 16.1. The molecule has 0 aromatic heterocycles. The zero-order valence-corrected chi connectivity index (χ0v) is 20.1. The van der Waals surface area contributed by atoms with Gasteiger partial charge in [0, 0.05) is 5.57 Å². The molecule has 0 atom stereocenters. The normalized spacial score (nSPS) is 13.2. The van der Waals surface area contributed by atoms with E-state index < -0.39 is 0 Å². The maximum absolute atomic E-state index is 5.66. The van der Waals surface area contributed by atoms with E-state index in [1.165, 1.54) is 12.0 Å². The molecule has 3 heteroatoms. The van der Waals surface area contributed by atoms with E-state index in [9.17, 15) is 0 Å². The molecule has 144 valence electrons. The minimum absolute atomic E-state index is 0.235. The molecule has 0 fully saturated rings. The van der Waals surface area contributed by atoms with E-state index in [-0.39, 0.29) is 6.66 Å². The van der Waals surface area contributed by atoms with Gasteiger partial charge >= 0.3 is 73.1 Å². The van der Waals surface area contributed by atoms with Gasteiger partial charge in [-0.1, -0.05) is 55.1 Å². The Morgan fingerprint density at radius 1 is 1.07 bits per heavy atom. The minimum atomic E-state index is -0.235. The molecule has 0 radical (unpaired) electrons. The van der Waals surface area contributed by atoms with E-state index in [1.807, 2.05) is 65.4 Å². The van der Waals surface area contributed by atoms with Crippen molar-refractivity contribution in [2.45, 2.75) is 33.4 Å². The second kappa shape index (κ2) is 11.9. The molecule has 0 saturated heterocycles. The molecular formula is C25H30OSiTi. The Labute approximate surface area is 180 Å². The van der Waals surface area contributed by atoms with Gasteiger partial charge in [-0.2, -0.15) is 0 Å². The standard InChI is InChI=1S/C17H16O.C6H7.C2H7Si.Ti/c1-3-15(16-9-5-4-6-10-16)13-18-17-11-7-8-14(2)12-17;1-6-4-2-3-5-6;1-3-2;/h3-13H,1H2,2H3;2,4H,3H2,1H3;3H,1-2H3;. The number of allylic oxidation sites excluding steroid dienone is 6. The summed E-state index contributed by atoms with van der Waals surface area (Å²) in [5.41, 5.74) is 4.83. The zero-order chi connectivity index (χ0) is 20.4. The summed E-state index contributed by atoms with van der Waals surface area (Å²) < 4.78 is 7.48. The summed E-state index contributed by atoms with van der Waals surface area (Å²) in [7, 11) is 0. The zero-order valence-electron chi connectivity index (χ0n) is 17.4. The molecule has 0 unspecified atom stereocenters. The topological polar surface area (TPSA) is 9.23 Å². The van der Waals surface area contributed by atoms with Crippen LogP contribution in [-0.4, -0.2) is 6.66 Å². The van der Waals surface area contributed by atoms with Gasteiger partial charge in [-0.25, -0.2) is 0 Å². The van der Waals surface area contributed by atoms with Crippen LogP contribution in [0.4, 0.5) is 0 Å². The first-order valence-electron chi connectivity index (χ1n) is 9.73. The summed E-state index contributed by atoms with van der Waals surface area (Å²) in [4.78, 5) is 0. The quantitative estimate of drug-likeness (QED) is 0.280. The molecule has 0 spiro atoms. The molecule has 3 rings (SSSR count). The average molecular weight is 422 g/mol. The van der Waals surface area contributed by atoms with Crippen LogP contribution >= 0.6 is 0 Å². The molecule has 0 bridgehead atoms. The monoisotopic (exact) mass is 422 g/mol. The van der Waals surface area contributed by atoms with Crippen molar-refractivity contribution in [1.29, 1.82) is 0 Å². The van der Waals surface area contributed by atoms with E-state index in [1.54, 1.807) is 17.9 Å². The summed E-state index contributed by atoms with van der Waals surface area (Å²) in [6, 6.07) is 18.0. The Bertz CT molecular complexity index is 863. The van der Waals surface area contributed by atoms with E-state index in [0.717, 1.165) is 16.9 Å². The summed E-state index contributed by atoms with van der Waals surface area (Å²) >= 11 is 0.350. The molecule has 0 heterocycles. The Kier molecular flexibility index (Phi) is 9.49. The first kappa shape index (κ1) is 22.4. The molecule has 0 amide bonds. The number of hydrogen-bond donors (Lipinski definition) is 0. The molecule has 1 aliphatic carbocycles. The fraction of sp³-hybridized carbons (Fsp3) is 0.200. The van der Waals surface area contributed by atoms with Crippen LogP contribution in [0.25, 0.3) is 5.57 Å². The van der Waals surface area contributed by atoms with Crippen LogP contribution in [0.2, 0.25) is 13.1 Å². The Balaban J connectivity index is 0.000000237. The molecule has 0 saturated carbocycles. The van der Waals surface area contributed by atoms with Gasteiger partial charge in [0.1, 0.15) is 5.75 Å². The fourth-order valence-electron chi connectivity index (χ4n) is 2.82. The van der Waals surface area contributed by atoms with Crippen molar-refractivity contribution in [1.82, 2.24) is 0 Å². The summed E-state index contributed by atoms with van der Waals surface area (Å²) in [6.45, 7) is 12.8. The van der Waals surface area contributed by atoms with Gasteiger partial charge in [0.05, 0.1) is 6.26 Å². The van der Waals surface area contributed by atoms with Crippen molar-refractivity contribution in [3.8, 4) is 5.75 Å². The molecule has 0 aliphatic heterocycles. The Morgan fingerprint density at radius 2 is 1.82 bits per heavy atom. The SMILES string of the molecule is C=CC(=COc1cccc(C)c1)c1ccccc1.CC1=[C]([Ti][SiH](C)C)CC=C1. The third-order valence-electron chi connectivity index (χ3n) is 4.27. The van der Waals surface area contributed by atoms with E-state index in [4.69, 9.17) is 4.74 Å². The third-order valence-corrected chi connectivity index (χ3v) is 10.5. The number of rotatable bonds is 6. The van der Waals surface area contributed by atoms with Crippen molar-refractivity contribution in [3.05, 3.63) is 106 Å². The van der Waals surface area contributed by atoms with Crippen molar-refractivity contribution in [2.75, 3.05) is 0 Å². The van der Waals surface area contributed by atoms with E-state index >= 15 is 0 Å². The van der Waals surface area contributed by atoms with Gasteiger partial charge in [-0.05, 0) is 30.2 Å². The molecule has 2 aromatic carbocycles. The van der Waals surface area contributed by atoms with Crippen LogP contribution in [0.15, 0.2) is 95.1 Å². The second-order valence-electron chi connectivity index (χ2n) is 7.14. The second-order valence-corrected chi connectivity index (χ2v) is 17.4. The van der Waals surface area contributed by atoms with Crippen LogP contribution in [0, 0.1) is 6.92 Å². The van der Waals surface area contributed by atoms with Crippen molar-refractivity contribution in [3.63, 3.8) is 0 Å². The molecule has 1 nitrogen and oxygen atoms in total. The van der Waals surface area contributed by atoms with Gasteiger partial charge in [0.2, 0.25) is 0 Å². The number of aryl methyl sites for hydroxylation is 1. The van der Waals surface area contributed by atoms with Crippen molar-refractivity contribution < 1.29 is 23.1 Å². The third kappa shape index (κ3) is 7.63. The summed E-state index contributed by atoms with van der Waals surface area (Å²) in [6.07, 6.45) is 9.42. The van der Waals surface area contributed by atoms with Crippen LogP contribution in [0.3, 0.4) is 0 Å². The van der Waals surface area contributed by atoms with Gasteiger partial charge in [0.25, 0.3) is 0 Å². The molecule has 0 N–H and O–H groups in total. The molecule has 28 heavy (non-hydrogen) atoms. The number of hydrogen-bond acceptors (Lipinski definition) is 1. The maximum atomic E-state index is 5.66. The van der Waals surface area contributed by atoms with Crippen LogP contribution in [0.1, 0.15) is 24.5 Å². The van der Waals surface area contributed by atoms with Crippen molar-refractivity contribution >= 4 is 12.2 Å². The summed E-state index contributed by atoms with van der Waals surface area (Å²) in [5.74, 6) is 0.838. The van der Waals surface area contributed by atoms with Crippen LogP contribution in [0.5, 0.6) is 5.75 Å². The van der Waals surface area contributed by atoms with Gasteiger partial charge < -0.3 is 4.74 Å². The fourth-order valence-corrected chi connectivity index (χ4v) is 9.06. The van der Waals surface area contributed by atoms with Gasteiger partial charge in [0.15, 0.2) is 0 Å². The molecular weight excluding hydrogens is 392 g/mol. The van der Waals surface area contributed by atoms with Crippen LogP contribution in [-0.2, 0) is 18.4 Å². The average Bonchev–Trinajstić information content (AvgIpc) is 3.08. The van der Waals surface area contributed by atoms with Crippen LogP contribution < -0.4 is 4.74 Å². The number of ether oxygens (including phenoxy) is 1. The Morgan fingerprint density at radius 3 is 2.39 bits per heavy atom. The number of benzene rings is 2. The predicted molar refractivity (Wildman–Crippen MR) is 122 cm³/mol. The van der Waals surface area contributed by atoms with Gasteiger partial charge in [-0.3, -0.25) is 0 Å². The summed E-state index contributed by atoms with van der Waals surface area (Å²) in [5, 5.41) is 0. The Hall–Kier alpha value is -1.87.